The summed E-state index contributed by atoms with van der Waals surface area (Å²) in [6.45, 7) is 4.35. The molecule has 0 bridgehead atoms. The van der Waals surface area contributed by atoms with Gasteiger partial charge in [-0.1, -0.05) is 13.8 Å². The molecule has 0 atom stereocenters. The molecular weight excluding hydrogens is 395 g/mol. The van der Waals surface area contributed by atoms with Crippen LogP contribution in [0.2, 0.25) is 0 Å². The first kappa shape index (κ1) is 21.7. The molecule has 1 heterocycles. The predicted octanol–water partition coefficient (Wildman–Crippen LogP) is 4.42. The smallest absolute Gasteiger partial charge is 0.416 e. The van der Waals surface area contributed by atoms with Crippen LogP contribution in [0.25, 0.3) is 0 Å². The third-order valence-corrected chi connectivity index (χ3v) is 4.34. The zero-order chi connectivity index (χ0) is 20.7. The van der Waals surface area contributed by atoms with Gasteiger partial charge < -0.3 is 15.4 Å². The molecule has 1 aromatic carbocycles. The van der Waals surface area contributed by atoms with Crippen molar-refractivity contribution in [2.75, 3.05) is 23.8 Å². The minimum Gasteiger partial charge on any atom is -0.451 e. The molecule has 1 aromatic heterocycles. The predicted molar refractivity (Wildman–Crippen MR) is 100 cm³/mol. The van der Waals surface area contributed by atoms with Crippen molar-refractivity contribution >= 4 is 34.0 Å². The zero-order valence-corrected chi connectivity index (χ0v) is 16.1. The van der Waals surface area contributed by atoms with Gasteiger partial charge in [0, 0.05) is 17.6 Å². The van der Waals surface area contributed by atoms with Gasteiger partial charge in [-0.2, -0.15) is 13.2 Å². The highest BCUT2D eigenvalue weighted by Crippen LogP contribution is 2.29. The molecule has 10 heteroatoms. The Hall–Kier alpha value is -2.62. The Bertz CT molecular complexity index is 804. The molecule has 1 amide bonds. The fourth-order valence-corrected chi connectivity index (χ4v) is 2.77. The molecule has 0 saturated heterocycles. The van der Waals surface area contributed by atoms with E-state index < -0.39 is 30.2 Å². The Kier molecular flexibility index (Phi) is 7.38. The molecule has 0 radical (unpaired) electrons. The number of ether oxygens (including phenoxy) is 1. The second kappa shape index (κ2) is 9.54. The van der Waals surface area contributed by atoms with Crippen LogP contribution in [-0.4, -0.2) is 30.0 Å². The van der Waals surface area contributed by atoms with Crippen LogP contribution in [0.4, 0.5) is 24.0 Å². The Morgan fingerprint density at radius 1 is 1.21 bits per heavy atom. The second-order valence-electron chi connectivity index (χ2n) is 6.35. The van der Waals surface area contributed by atoms with Crippen LogP contribution in [0, 0.1) is 5.92 Å². The Morgan fingerprint density at radius 2 is 1.89 bits per heavy atom. The largest absolute Gasteiger partial charge is 0.451 e. The van der Waals surface area contributed by atoms with E-state index in [4.69, 9.17) is 4.74 Å². The summed E-state index contributed by atoms with van der Waals surface area (Å²) in [6, 6.07) is 3.95. The lowest BCUT2D eigenvalue weighted by molar-refractivity contribution is -0.137. The second-order valence-corrected chi connectivity index (χ2v) is 7.20. The average Bonchev–Trinajstić information content (AvgIpc) is 3.08. The van der Waals surface area contributed by atoms with Crippen molar-refractivity contribution in [3.8, 4) is 0 Å². The Morgan fingerprint density at radius 3 is 2.50 bits per heavy atom. The van der Waals surface area contributed by atoms with Crippen molar-refractivity contribution in [3.05, 3.63) is 40.9 Å². The highest BCUT2D eigenvalue weighted by molar-refractivity contribution is 7.13. The minimum atomic E-state index is -4.45. The van der Waals surface area contributed by atoms with Crippen LogP contribution in [0.15, 0.2) is 29.6 Å². The van der Waals surface area contributed by atoms with E-state index in [-0.39, 0.29) is 11.4 Å². The number of carbonyl (C=O) groups is 2. The van der Waals surface area contributed by atoms with Crippen LogP contribution in [-0.2, 0) is 15.7 Å². The van der Waals surface area contributed by atoms with E-state index in [2.05, 4.69) is 29.5 Å². The fraction of sp³-hybridized carbons (Fsp3) is 0.389. The maximum absolute atomic E-state index is 12.5. The number of anilines is 2. The third-order valence-electron chi connectivity index (χ3n) is 3.54. The molecular formula is C18H20F3N3O3S. The number of nitrogens with zero attached hydrogens (tertiary/aromatic N) is 1. The number of alkyl halides is 3. The highest BCUT2D eigenvalue weighted by atomic mass is 32.1. The quantitative estimate of drug-likeness (QED) is 0.624. The standard InChI is InChI=1S/C18H20F3N3O3S/c1-11(2)7-8-22-17-24-14(10-28-17)16(26)27-9-15(25)23-13-5-3-12(4-6-13)18(19,20)21/h3-6,10-11H,7-9H2,1-2H3,(H,22,24)(H,23,25). The number of amides is 1. The van der Waals surface area contributed by atoms with Crippen LogP contribution >= 0.6 is 11.3 Å². The van der Waals surface area contributed by atoms with Crippen LogP contribution in [0.3, 0.4) is 0 Å². The maximum Gasteiger partial charge on any atom is 0.416 e. The number of aromatic nitrogens is 1. The van der Waals surface area contributed by atoms with Crippen molar-refractivity contribution in [1.82, 2.24) is 4.98 Å². The van der Waals surface area contributed by atoms with Crippen LogP contribution in [0.5, 0.6) is 0 Å². The lowest BCUT2D eigenvalue weighted by Gasteiger charge is -2.09. The molecule has 0 saturated carbocycles. The number of hydrogen-bond acceptors (Lipinski definition) is 6. The molecule has 0 aliphatic heterocycles. The molecule has 0 spiro atoms. The maximum atomic E-state index is 12.5. The van der Waals surface area contributed by atoms with Gasteiger partial charge in [-0.25, -0.2) is 9.78 Å². The fourth-order valence-electron chi connectivity index (χ4n) is 2.06. The van der Waals surface area contributed by atoms with Gasteiger partial charge in [-0.05, 0) is 36.6 Å². The summed E-state index contributed by atoms with van der Waals surface area (Å²) in [4.78, 5) is 27.8. The van der Waals surface area contributed by atoms with Gasteiger partial charge in [-0.15, -0.1) is 11.3 Å². The van der Waals surface area contributed by atoms with Crippen molar-refractivity contribution in [2.24, 2.45) is 5.92 Å². The minimum absolute atomic E-state index is 0.0828. The highest BCUT2D eigenvalue weighted by Gasteiger charge is 2.30. The molecule has 0 fully saturated rings. The van der Waals surface area contributed by atoms with E-state index in [1.165, 1.54) is 16.7 Å². The van der Waals surface area contributed by atoms with Crippen molar-refractivity contribution in [2.45, 2.75) is 26.4 Å². The van der Waals surface area contributed by atoms with E-state index in [1.807, 2.05) is 0 Å². The monoisotopic (exact) mass is 415 g/mol. The normalized spacial score (nSPS) is 11.4. The summed E-state index contributed by atoms with van der Waals surface area (Å²) >= 11 is 1.25. The van der Waals surface area contributed by atoms with Gasteiger partial charge in [0.25, 0.3) is 5.91 Å². The van der Waals surface area contributed by atoms with Gasteiger partial charge in [0.05, 0.1) is 5.56 Å². The van der Waals surface area contributed by atoms with Gasteiger partial charge >= 0.3 is 12.1 Å². The topological polar surface area (TPSA) is 80.3 Å². The molecule has 152 valence electrons. The summed E-state index contributed by atoms with van der Waals surface area (Å²) in [5.74, 6) is -0.880. The summed E-state index contributed by atoms with van der Waals surface area (Å²) in [7, 11) is 0. The van der Waals surface area contributed by atoms with E-state index in [9.17, 15) is 22.8 Å². The van der Waals surface area contributed by atoms with Crippen molar-refractivity contribution in [3.63, 3.8) is 0 Å². The molecule has 2 N–H and O–H groups in total. The molecule has 2 aromatic rings. The lowest BCUT2D eigenvalue weighted by Crippen LogP contribution is -2.21. The Labute approximate surface area is 164 Å². The number of hydrogen-bond donors (Lipinski definition) is 2. The molecule has 0 aliphatic rings. The first-order valence-corrected chi connectivity index (χ1v) is 9.36. The zero-order valence-electron chi connectivity index (χ0n) is 15.3. The number of nitrogens with one attached hydrogen (secondary N) is 2. The molecule has 0 aliphatic carbocycles. The van der Waals surface area contributed by atoms with E-state index in [0.717, 1.165) is 37.2 Å². The van der Waals surface area contributed by atoms with E-state index in [0.29, 0.717) is 11.0 Å². The van der Waals surface area contributed by atoms with Crippen molar-refractivity contribution < 1.29 is 27.5 Å². The van der Waals surface area contributed by atoms with E-state index >= 15 is 0 Å². The average molecular weight is 415 g/mol. The number of esters is 1. The third kappa shape index (κ3) is 6.84. The van der Waals surface area contributed by atoms with Gasteiger partial charge in [0.1, 0.15) is 0 Å². The first-order chi connectivity index (χ1) is 13.1. The van der Waals surface area contributed by atoms with Gasteiger partial charge in [0.15, 0.2) is 17.4 Å². The molecule has 28 heavy (non-hydrogen) atoms. The van der Waals surface area contributed by atoms with Gasteiger partial charge in [0.2, 0.25) is 0 Å². The molecule has 6 nitrogen and oxygen atoms in total. The number of carbonyl (C=O) groups excluding carboxylic acids is 2. The summed E-state index contributed by atoms with van der Waals surface area (Å²) in [5.41, 5.74) is -0.572. The number of benzene rings is 1. The van der Waals surface area contributed by atoms with E-state index in [1.54, 1.807) is 0 Å². The number of thiazole rings is 1. The SMILES string of the molecule is CC(C)CCNc1nc(C(=O)OCC(=O)Nc2ccc(C(F)(F)F)cc2)cs1. The number of rotatable bonds is 8. The molecule has 2 rings (SSSR count). The summed E-state index contributed by atoms with van der Waals surface area (Å²) in [6.07, 6.45) is -3.49. The van der Waals surface area contributed by atoms with Crippen molar-refractivity contribution in [1.29, 1.82) is 0 Å². The Balaban J connectivity index is 1.79. The molecule has 0 unspecified atom stereocenters. The first-order valence-electron chi connectivity index (χ1n) is 8.49. The number of halogens is 3. The summed E-state index contributed by atoms with van der Waals surface area (Å²) in [5, 5.41) is 7.57. The lowest BCUT2D eigenvalue weighted by atomic mass is 10.1. The summed E-state index contributed by atoms with van der Waals surface area (Å²) < 4.78 is 42.4. The van der Waals surface area contributed by atoms with Gasteiger partial charge in [-0.3, -0.25) is 4.79 Å². The van der Waals surface area contributed by atoms with Crippen LogP contribution in [0.1, 0.15) is 36.3 Å². The van der Waals surface area contributed by atoms with Crippen LogP contribution < -0.4 is 10.6 Å².